The molecule has 1 heterocycles. The van der Waals surface area contributed by atoms with Crippen molar-refractivity contribution in [3.63, 3.8) is 0 Å². The second-order valence-electron chi connectivity index (χ2n) is 7.55. The third-order valence-corrected chi connectivity index (χ3v) is 3.90. The van der Waals surface area contributed by atoms with E-state index in [0.29, 0.717) is 23.7 Å². The van der Waals surface area contributed by atoms with Crippen LogP contribution in [-0.2, 0) is 11.4 Å². The maximum atomic E-state index is 12.4. The molecule has 0 fully saturated rings. The van der Waals surface area contributed by atoms with Gasteiger partial charge in [0.15, 0.2) is 0 Å². The van der Waals surface area contributed by atoms with Crippen molar-refractivity contribution in [3.8, 4) is 5.75 Å². The lowest BCUT2D eigenvalue weighted by molar-refractivity contribution is -0.124. The first-order chi connectivity index (χ1) is 12.6. The van der Waals surface area contributed by atoms with Crippen molar-refractivity contribution in [2.45, 2.75) is 59.7 Å². The van der Waals surface area contributed by atoms with E-state index in [4.69, 9.17) is 9.26 Å². The van der Waals surface area contributed by atoms with Gasteiger partial charge in [0.1, 0.15) is 24.2 Å². The van der Waals surface area contributed by atoms with Crippen LogP contribution < -0.4 is 15.4 Å². The van der Waals surface area contributed by atoms with Crippen LogP contribution in [0.5, 0.6) is 5.75 Å². The summed E-state index contributed by atoms with van der Waals surface area (Å²) in [4.78, 5) is 24.6. The third-order valence-electron chi connectivity index (χ3n) is 3.90. The summed E-state index contributed by atoms with van der Waals surface area (Å²) in [6, 6.07) is 6.17. The van der Waals surface area contributed by atoms with Crippen molar-refractivity contribution in [1.82, 2.24) is 15.8 Å². The molecule has 1 aromatic heterocycles. The van der Waals surface area contributed by atoms with Crippen molar-refractivity contribution >= 4 is 11.8 Å². The quantitative estimate of drug-likeness (QED) is 0.812. The molecule has 0 spiro atoms. The summed E-state index contributed by atoms with van der Waals surface area (Å²) in [7, 11) is 0. The van der Waals surface area contributed by atoms with Crippen LogP contribution in [0, 0.1) is 13.8 Å². The van der Waals surface area contributed by atoms with Gasteiger partial charge >= 0.3 is 0 Å². The number of benzene rings is 1. The lowest BCUT2D eigenvalue weighted by Gasteiger charge is -2.23. The second kappa shape index (κ2) is 8.24. The summed E-state index contributed by atoms with van der Waals surface area (Å²) in [5, 5.41) is 9.43. The Kier molecular flexibility index (Phi) is 6.25. The number of nitrogens with zero attached hydrogens (tertiary/aromatic N) is 1. The SMILES string of the molecule is Cc1noc(C)c1COc1cccc(C(=O)NC(C)C(=O)NC(C)(C)C)c1. The highest BCUT2D eigenvalue weighted by Gasteiger charge is 2.21. The number of rotatable bonds is 6. The largest absolute Gasteiger partial charge is 0.489 e. The van der Waals surface area contributed by atoms with Crippen LogP contribution in [0.25, 0.3) is 0 Å². The molecule has 0 aliphatic carbocycles. The van der Waals surface area contributed by atoms with Crippen LogP contribution in [0.15, 0.2) is 28.8 Å². The Morgan fingerprint density at radius 2 is 1.96 bits per heavy atom. The number of aryl methyl sites for hydroxylation is 2. The molecular formula is C20H27N3O4. The normalized spacial score (nSPS) is 12.4. The number of amides is 2. The van der Waals surface area contributed by atoms with Crippen molar-refractivity contribution in [3.05, 3.63) is 46.8 Å². The van der Waals surface area contributed by atoms with Crippen LogP contribution in [0.1, 0.15) is 55.1 Å². The maximum Gasteiger partial charge on any atom is 0.252 e. The molecule has 7 nitrogen and oxygen atoms in total. The van der Waals surface area contributed by atoms with E-state index < -0.39 is 6.04 Å². The minimum Gasteiger partial charge on any atom is -0.489 e. The van der Waals surface area contributed by atoms with Gasteiger partial charge in [0.2, 0.25) is 5.91 Å². The molecule has 0 saturated carbocycles. The van der Waals surface area contributed by atoms with Gasteiger partial charge in [0.25, 0.3) is 5.91 Å². The molecule has 1 atom stereocenters. The van der Waals surface area contributed by atoms with Crippen molar-refractivity contribution in [2.75, 3.05) is 0 Å². The molecular weight excluding hydrogens is 346 g/mol. The summed E-state index contributed by atoms with van der Waals surface area (Å²) in [5.74, 6) is 0.686. The van der Waals surface area contributed by atoms with E-state index in [1.54, 1.807) is 31.2 Å². The van der Waals surface area contributed by atoms with E-state index >= 15 is 0 Å². The van der Waals surface area contributed by atoms with Crippen molar-refractivity contribution < 1.29 is 18.8 Å². The molecule has 2 amide bonds. The Morgan fingerprint density at radius 1 is 1.26 bits per heavy atom. The Bertz CT molecular complexity index is 801. The topological polar surface area (TPSA) is 93.5 Å². The molecule has 0 bridgehead atoms. The fourth-order valence-corrected chi connectivity index (χ4v) is 2.41. The van der Waals surface area contributed by atoms with Crippen LogP contribution in [-0.4, -0.2) is 28.6 Å². The third kappa shape index (κ3) is 5.84. The zero-order valence-corrected chi connectivity index (χ0v) is 16.7. The van der Waals surface area contributed by atoms with Gasteiger partial charge in [-0.15, -0.1) is 0 Å². The number of nitrogens with one attached hydrogen (secondary N) is 2. The van der Waals surface area contributed by atoms with Crippen LogP contribution in [0.2, 0.25) is 0 Å². The summed E-state index contributed by atoms with van der Waals surface area (Å²) in [6.45, 7) is 11.3. The summed E-state index contributed by atoms with van der Waals surface area (Å²) in [5.41, 5.74) is 1.72. The molecule has 0 radical (unpaired) electrons. The molecule has 1 unspecified atom stereocenters. The second-order valence-corrected chi connectivity index (χ2v) is 7.55. The Labute approximate surface area is 159 Å². The highest BCUT2D eigenvalue weighted by atomic mass is 16.5. The number of hydrogen-bond donors (Lipinski definition) is 2. The highest BCUT2D eigenvalue weighted by Crippen LogP contribution is 2.18. The van der Waals surface area contributed by atoms with Gasteiger partial charge in [0, 0.05) is 11.1 Å². The van der Waals surface area contributed by atoms with Gasteiger partial charge < -0.3 is 19.9 Å². The predicted molar refractivity (Wildman–Crippen MR) is 102 cm³/mol. The van der Waals surface area contributed by atoms with Gasteiger partial charge in [0.05, 0.1) is 11.3 Å². The van der Waals surface area contributed by atoms with E-state index in [1.165, 1.54) is 0 Å². The molecule has 27 heavy (non-hydrogen) atoms. The Balaban J connectivity index is 1.99. The van der Waals surface area contributed by atoms with Crippen molar-refractivity contribution in [2.24, 2.45) is 0 Å². The van der Waals surface area contributed by atoms with E-state index in [0.717, 1.165) is 11.3 Å². The first-order valence-corrected chi connectivity index (χ1v) is 8.84. The number of aromatic nitrogens is 1. The minimum absolute atomic E-state index is 0.235. The van der Waals surface area contributed by atoms with Crippen LogP contribution >= 0.6 is 0 Å². The van der Waals surface area contributed by atoms with Crippen LogP contribution in [0.4, 0.5) is 0 Å². The molecule has 2 N–H and O–H groups in total. The molecule has 0 aliphatic heterocycles. The number of ether oxygens (including phenoxy) is 1. The molecule has 146 valence electrons. The summed E-state index contributed by atoms with van der Waals surface area (Å²) >= 11 is 0. The van der Waals surface area contributed by atoms with Crippen molar-refractivity contribution in [1.29, 1.82) is 0 Å². The maximum absolute atomic E-state index is 12.4. The van der Waals surface area contributed by atoms with Gasteiger partial charge in [-0.25, -0.2) is 0 Å². The Morgan fingerprint density at radius 3 is 2.56 bits per heavy atom. The van der Waals surface area contributed by atoms with Gasteiger partial charge in [-0.05, 0) is 59.7 Å². The zero-order chi connectivity index (χ0) is 20.2. The molecule has 0 aliphatic rings. The summed E-state index contributed by atoms with van der Waals surface area (Å²) in [6.07, 6.45) is 0. The molecule has 0 saturated heterocycles. The Hall–Kier alpha value is -2.83. The monoisotopic (exact) mass is 373 g/mol. The summed E-state index contributed by atoms with van der Waals surface area (Å²) < 4.78 is 10.9. The first kappa shape index (κ1) is 20.5. The van der Waals surface area contributed by atoms with Gasteiger partial charge in [-0.3, -0.25) is 9.59 Å². The average Bonchev–Trinajstić information content (AvgIpc) is 2.90. The van der Waals surface area contributed by atoms with Gasteiger partial charge in [-0.2, -0.15) is 0 Å². The van der Waals surface area contributed by atoms with E-state index in [-0.39, 0.29) is 17.4 Å². The van der Waals surface area contributed by atoms with E-state index in [9.17, 15) is 9.59 Å². The molecule has 1 aromatic carbocycles. The molecule has 7 heteroatoms. The highest BCUT2D eigenvalue weighted by molar-refractivity contribution is 5.97. The first-order valence-electron chi connectivity index (χ1n) is 8.84. The molecule has 2 aromatic rings. The minimum atomic E-state index is -0.649. The predicted octanol–water partition coefficient (Wildman–Crippen LogP) is 2.90. The zero-order valence-electron chi connectivity index (χ0n) is 16.7. The number of hydrogen-bond acceptors (Lipinski definition) is 5. The fourth-order valence-electron chi connectivity index (χ4n) is 2.41. The lowest BCUT2D eigenvalue weighted by atomic mass is 10.1. The van der Waals surface area contributed by atoms with E-state index in [1.807, 2.05) is 34.6 Å². The van der Waals surface area contributed by atoms with Gasteiger partial charge in [-0.1, -0.05) is 11.2 Å². The molecule has 2 rings (SSSR count). The number of carbonyl (C=O) groups excluding carboxylic acids is 2. The van der Waals surface area contributed by atoms with E-state index in [2.05, 4.69) is 15.8 Å². The smallest absolute Gasteiger partial charge is 0.252 e. The fraction of sp³-hybridized carbons (Fsp3) is 0.450. The number of carbonyl (C=O) groups is 2. The lowest BCUT2D eigenvalue weighted by Crippen LogP contribution is -2.50. The average molecular weight is 373 g/mol. The van der Waals surface area contributed by atoms with Crippen LogP contribution in [0.3, 0.4) is 0 Å². The standard InChI is InChI=1S/C20H27N3O4/c1-12-17(14(3)27-23-12)11-26-16-9-7-8-15(10-16)19(25)21-13(2)18(24)22-20(4,5)6/h7-10,13H,11H2,1-6H3,(H,21,25)(H,22,24).